The van der Waals surface area contributed by atoms with E-state index in [9.17, 15) is 9.59 Å². The highest BCUT2D eigenvalue weighted by atomic mass is 16.2. The van der Waals surface area contributed by atoms with Crippen molar-refractivity contribution in [2.45, 2.75) is 39.8 Å². The van der Waals surface area contributed by atoms with Gasteiger partial charge in [-0.25, -0.2) is 4.98 Å². The number of pyridine rings is 3. The van der Waals surface area contributed by atoms with E-state index >= 15 is 0 Å². The number of carbonyl (C=O) groups excluding carboxylic acids is 1. The van der Waals surface area contributed by atoms with Crippen LogP contribution in [0.15, 0.2) is 53.7 Å². The maximum atomic E-state index is 13.3. The van der Waals surface area contributed by atoms with E-state index in [0.717, 1.165) is 11.1 Å². The van der Waals surface area contributed by atoms with Crippen molar-refractivity contribution < 1.29 is 4.79 Å². The third kappa shape index (κ3) is 3.84. The van der Waals surface area contributed by atoms with Gasteiger partial charge in [-0.1, -0.05) is 12.1 Å². The molecule has 0 aliphatic heterocycles. The van der Waals surface area contributed by atoms with Gasteiger partial charge in [0.1, 0.15) is 16.8 Å². The Morgan fingerprint density at radius 2 is 1.97 bits per heavy atom. The Balaban J connectivity index is 2.07. The summed E-state index contributed by atoms with van der Waals surface area (Å²) in [4.78, 5) is 35.2. The van der Waals surface area contributed by atoms with Crippen LogP contribution in [0.1, 0.15) is 42.3 Å². The molecule has 0 saturated carbocycles. The van der Waals surface area contributed by atoms with Crippen LogP contribution in [0.3, 0.4) is 0 Å². The molecule has 4 rings (SSSR count). The molecule has 8 nitrogen and oxygen atoms in total. The smallest absolute Gasteiger partial charge is 0.267 e. The number of hydrogen-bond donors (Lipinski definition) is 2. The van der Waals surface area contributed by atoms with Gasteiger partial charge in [-0.05, 0) is 57.0 Å². The van der Waals surface area contributed by atoms with Crippen LogP contribution in [-0.4, -0.2) is 30.4 Å². The first-order valence-electron chi connectivity index (χ1n) is 9.97. The number of nitrogens with one attached hydrogen (secondary N) is 2. The van der Waals surface area contributed by atoms with E-state index in [4.69, 9.17) is 10.4 Å². The van der Waals surface area contributed by atoms with Crippen molar-refractivity contribution in [2.24, 2.45) is 0 Å². The summed E-state index contributed by atoms with van der Waals surface area (Å²) < 4.78 is 3.07. The van der Waals surface area contributed by atoms with Crippen LogP contribution in [0.2, 0.25) is 0 Å². The highest BCUT2D eigenvalue weighted by Crippen LogP contribution is 2.14. The molecule has 1 amide bonds. The zero-order valence-electron chi connectivity index (χ0n) is 17.9. The Morgan fingerprint density at radius 1 is 1.19 bits per heavy atom. The predicted molar refractivity (Wildman–Crippen MR) is 118 cm³/mol. The molecule has 0 fully saturated rings. The Hall–Kier alpha value is -3.81. The van der Waals surface area contributed by atoms with Gasteiger partial charge in [0.15, 0.2) is 0 Å². The van der Waals surface area contributed by atoms with Crippen molar-refractivity contribution in [1.29, 1.82) is 5.41 Å². The second kappa shape index (κ2) is 7.46. The molecule has 158 valence electrons. The molecule has 2 N–H and O–H groups in total. The van der Waals surface area contributed by atoms with Crippen molar-refractivity contribution in [3.8, 4) is 0 Å². The lowest BCUT2D eigenvalue weighted by molar-refractivity contribution is 0.0917. The number of nitrogens with zero attached hydrogens (tertiary/aromatic N) is 4. The van der Waals surface area contributed by atoms with E-state index in [0.29, 0.717) is 11.3 Å². The zero-order chi connectivity index (χ0) is 22.3. The van der Waals surface area contributed by atoms with Gasteiger partial charge in [-0.15, -0.1) is 0 Å². The molecule has 0 aromatic carbocycles. The minimum atomic E-state index is -0.486. The quantitative estimate of drug-likeness (QED) is 0.500. The molecular weight excluding hydrogens is 392 g/mol. The van der Waals surface area contributed by atoms with Gasteiger partial charge < -0.3 is 9.88 Å². The highest BCUT2D eigenvalue weighted by molar-refractivity contribution is 5.97. The van der Waals surface area contributed by atoms with Gasteiger partial charge >= 0.3 is 0 Å². The van der Waals surface area contributed by atoms with Gasteiger partial charge in [-0.2, -0.15) is 0 Å². The number of hydrogen-bond acceptors (Lipinski definition) is 5. The number of amides is 1. The molecule has 0 radical (unpaired) electrons. The Labute approximate surface area is 178 Å². The van der Waals surface area contributed by atoms with Crippen LogP contribution in [0.25, 0.3) is 16.7 Å². The van der Waals surface area contributed by atoms with Gasteiger partial charge in [0.05, 0.1) is 17.5 Å². The van der Waals surface area contributed by atoms with Crippen molar-refractivity contribution in [2.75, 3.05) is 0 Å². The summed E-state index contributed by atoms with van der Waals surface area (Å²) in [5.74, 6) is -0.409. The SMILES string of the molecule is Cc1cccn2c(=O)c3cc(C(=O)NC(C)(C)C)c(=N)n(Cc4cccnc4)c3nc12. The minimum absolute atomic E-state index is 0.0112. The minimum Gasteiger partial charge on any atom is -0.347 e. The molecule has 0 aliphatic rings. The monoisotopic (exact) mass is 416 g/mol. The number of fused-ring (bicyclic) bond motifs is 2. The number of aromatic nitrogens is 4. The molecule has 0 saturated heterocycles. The third-order valence-electron chi connectivity index (χ3n) is 4.93. The summed E-state index contributed by atoms with van der Waals surface area (Å²) in [7, 11) is 0. The largest absolute Gasteiger partial charge is 0.347 e. The molecule has 0 spiro atoms. The molecule has 4 aromatic rings. The first-order valence-corrected chi connectivity index (χ1v) is 9.97. The molecule has 0 bridgehead atoms. The average molecular weight is 416 g/mol. The van der Waals surface area contributed by atoms with Crippen LogP contribution >= 0.6 is 0 Å². The fourth-order valence-electron chi connectivity index (χ4n) is 3.51. The summed E-state index contributed by atoms with van der Waals surface area (Å²) in [6.07, 6.45) is 5.02. The van der Waals surface area contributed by atoms with E-state index in [2.05, 4.69) is 10.3 Å². The fraction of sp³-hybridized carbons (Fsp3) is 0.261. The number of aryl methyl sites for hydroxylation is 1. The van der Waals surface area contributed by atoms with E-state index < -0.39 is 11.4 Å². The van der Waals surface area contributed by atoms with Crippen LogP contribution < -0.4 is 16.4 Å². The maximum absolute atomic E-state index is 13.3. The van der Waals surface area contributed by atoms with Crippen molar-refractivity contribution in [3.63, 3.8) is 0 Å². The number of rotatable bonds is 3. The van der Waals surface area contributed by atoms with E-state index in [1.54, 1.807) is 35.3 Å². The van der Waals surface area contributed by atoms with Gasteiger partial charge in [-0.3, -0.25) is 24.4 Å². The van der Waals surface area contributed by atoms with Crippen molar-refractivity contribution >= 4 is 22.6 Å². The molecule has 4 aromatic heterocycles. The molecule has 0 atom stereocenters. The lowest BCUT2D eigenvalue weighted by atomic mass is 10.1. The highest BCUT2D eigenvalue weighted by Gasteiger charge is 2.21. The summed E-state index contributed by atoms with van der Waals surface area (Å²) >= 11 is 0. The van der Waals surface area contributed by atoms with Crippen LogP contribution in [0.4, 0.5) is 0 Å². The zero-order valence-corrected chi connectivity index (χ0v) is 17.9. The normalized spacial score (nSPS) is 11.7. The Bertz CT molecular complexity index is 1430. The lowest BCUT2D eigenvalue weighted by Gasteiger charge is -2.21. The summed E-state index contributed by atoms with van der Waals surface area (Å²) in [5.41, 5.74) is 1.90. The summed E-state index contributed by atoms with van der Waals surface area (Å²) in [6.45, 7) is 7.74. The number of carbonyl (C=O) groups is 1. The Morgan fingerprint density at radius 3 is 2.65 bits per heavy atom. The maximum Gasteiger partial charge on any atom is 0.267 e. The second-order valence-electron chi connectivity index (χ2n) is 8.60. The van der Waals surface area contributed by atoms with Crippen LogP contribution in [-0.2, 0) is 6.54 Å². The lowest BCUT2D eigenvalue weighted by Crippen LogP contribution is -2.43. The molecule has 4 heterocycles. The van der Waals surface area contributed by atoms with Crippen LogP contribution in [0.5, 0.6) is 0 Å². The summed E-state index contributed by atoms with van der Waals surface area (Å²) in [5, 5.41) is 11.9. The van der Waals surface area contributed by atoms with E-state index in [1.165, 1.54) is 10.5 Å². The first kappa shape index (κ1) is 20.5. The van der Waals surface area contributed by atoms with Crippen LogP contribution in [0, 0.1) is 12.3 Å². The molecule has 0 aliphatic carbocycles. The van der Waals surface area contributed by atoms with Gasteiger partial charge in [0, 0.05) is 24.1 Å². The van der Waals surface area contributed by atoms with Crippen molar-refractivity contribution in [3.05, 3.63) is 81.5 Å². The molecule has 31 heavy (non-hydrogen) atoms. The first-order chi connectivity index (χ1) is 14.7. The molecular formula is C23H24N6O2. The van der Waals surface area contributed by atoms with E-state index in [1.807, 2.05) is 39.8 Å². The third-order valence-corrected chi connectivity index (χ3v) is 4.93. The molecule has 8 heteroatoms. The Kier molecular flexibility index (Phi) is 4.93. The second-order valence-corrected chi connectivity index (χ2v) is 8.60. The van der Waals surface area contributed by atoms with Crippen molar-refractivity contribution in [1.82, 2.24) is 24.3 Å². The average Bonchev–Trinajstić information content (AvgIpc) is 2.70. The van der Waals surface area contributed by atoms with Gasteiger partial charge in [0.2, 0.25) is 0 Å². The van der Waals surface area contributed by atoms with Gasteiger partial charge in [0.25, 0.3) is 11.5 Å². The van der Waals surface area contributed by atoms with E-state index in [-0.39, 0.29) is 28.5 Å². The summed E-state index contributed by atoms with van der Waals surface area (Å²) in [6, 6.07) is 8.83. The predicted octanol–water partition coefficient (Wildman–Crippen LogP) is 2.41. The standard InChI is InChI=1S/C23H24N6O2/c1-14-7-6-10-28-19(14)26-20-17(22(28)31)11-16(21(30)27-23(2,3)4)18(24)29(20)13-15-8-5-9-25-12-15/h5-12,24H,13H2,1-4H3,(H,27,30). The molecule has 0 unspecified atom stereocenters. The fourth-order valence-corrected chi connectivity index (χ4v) is 3.51. The topological polar surface area (TPSA) is 105 Å².